The van der Waals surface area contributed by atoms with Gasteiger partial charge in [0.25, 0.3) is 5.91 Å². The zero-order valence-corrected chi connectivity index (χ0v) is 14.9. The number of methoxy groups -OCH3 is 1. The summed E-state index contributed by atoms with van der Waals surface area (Å²) in [4.78, 5) is 12.3. The molecule has 0 aromatic heterocycles. The van der Waals surface area contributed by atoms with Crippen LogP contribution in [-0.4, -0.2) is 19.1 Å². The number of nitrogens with one attached hydrogen (secondary N) is 1. The molecule has 1 unspecified atom stereocenters. The molecule has 5 heteroatoms. The fourth-order valence-corrected chi connectivity index (χ4v) is 2.47. The highest BCUT2D eigenvalue weighted by Crippen LogP contribution is 2.25. The van der Waals surface area contributed by atoms with Gasteiger partial charge >= 0.3 is 0 Å². The van der Waals surface area contributed by atoms with Gasteiger partial charge in [-0.05, 0) is 72.3 Å². The van der Waals surface area contributed by atoms with Gasteiger partial charge in [-0.3, -0.25) is 4.79 Å². The van der Waals surface area contributed by atoms with Gasteiger partial charge in [-0.25, -0.2) is 0 Å². The molecule has 4 nitrogen and oxygen atoms in total. The van der Waals surface area contributed by atoms with E-state index in [-0.39, 0.29) is 5.91 Å². The van der Waals surface area contributed by atoms with Crippen LogP contribution in [0.4, 0.5) is 5.69 Å². The van der Waals surface area contributed by atoms with E-state index in [0.717, 1.165) is 9.13 Å². The summed E-state index contributed by atoms with van der Waals surface area (Å²) in [6.45, 7) is 3.68. The van der Waals surface area contributed by atoms with Crippen LogP contribution >= 0.6 is 22.6 Å². The molecule has 1 atom stereocenters. The van der Waals surface area contributed by atoms with Crippen molar-refractivity contribution >= 4 is 34.2 Å². The Labute approximate surface area is 144 Å². The van der Waals surface area contributed by atoms with E-state index in [9.17, 15) is 4.79 Å². The number of anilines is 1. The minimum absolute atomic E-state index is 0.220. The molecule has 2 rings (SSSR count). The fraction of sp³-hybridized carbons (Fsp3) is 0.235. The molecule has 2 aromatic rings. The van der Waals surface area contributed by atoms with Crippen molar-refractivity contribution in [2.45, 2.75) is 20.0 Å². The minimum Gasteiger partial charge on any atom is -0.495 e. The molecule has 0 aliphatic carbocycles. The minimum atomic E-state index is -0.608. The van der Waals surface area contributed by atoms with Crippen LogP contribution in [0.3, 0.4) is 0 Å². The Hall–Kier alpha value is -1.76. The highest BCUT2D eigenvalue weighted by Gasteiger charge is 2.17. The molecular formula is C17H18INO3. The first-order valence-electron chi connectivity index (χ1n) is 6.87. The molecule has 0 saturated carbocycles. The standard InChI is InChI=1S/C17H18INO3/c1-11-7-8-16(21-3)15(9-11)19-17(20)12(2)22-14-6-4-5-13(18)10-14/h4-10,12H,1-3H3,(H,19,20). The zero-order valence-electron chi connectivity index (χ0n) is 12.7. The molecule has 1 N–H and O–H groups in total. The van der Waals surface area contributed by atoms with Crippen molar-refractivity contribution in [1.82, 2.24) is 0 Å². The first-order chi connectivity index (χ1) is 10.5. The lowest BCUT2D eigenvalue weighted by Crippen LogP contribution is -2.30. The molecule has 2 aromatic carbocycles. The molecule has 0 aliphatic heterocycles. The van der Waals surface area contributed by atoms with Crippen molar-refractivity contribution in [3.05, 3.63) is 51.6 Å². The van der Waals surface area contributed by atoms with Crippen LogP contribution in [0, 0.1) is 10.5 Å². The number of aryl methyl sites for hydroxylation is 1. The number of amides is 1. The van der Waals surface area contributed by atoms with Gasteiger partial charge in [-0.15, -0.1) is 0 Å². The number of carbonyl (C=O) groups excluding carboxylic acids is 1. The van der Waals surface area contributed by atoms with Crippen LogP contribution in [0.5, 0.6) is 11.5 Å². The second-order valence-electron chi connectivity index (χ2n) is 4.91. The maximum atomic E-state index is 12.3. The summed E-state index contributed by atoms with van der Waals surface area (Å²) in [5.41, 5.74) is 1.69. The van der Waals surface area contributed by atoms with Gasteiger partial charge in [-0.2, -0.15) is 0 Å². The Morgan fingerprint density at radius 3 is 2.68 bits per heavy atom. The monoisotopic (exact) mass is 411 g/mol. The summed E-state index contributed by atoms with van der Waals surface area (Å²) in [6, 6.07) is 13.2. The average Bonchev–Trinajstić information content (AvgIpc) is 2.47. The third kappa shape index (κ3) is 4.37. The predicted molar refractivity (Wildman–Crippen MR) is 95.6 cm³/mol. The topological polar surface area (TPSA) is 47.6 Å². The molecule has 116 valence electrons. The summed E-state index contributed by atoms with van der Waals surface area (Å²) in [5, 5.41) is 2.85. The van der Waals surface area contributed by atoms with Crippen LogP contribution in [0.25, 0.3) is 0 Å². The normalized spacial score (nSPS) is 11.6. The number of rotatable bonds is 5. The number of hydrogen-bond donors (Lipinski definition) is 1. The molecule has 1 amide bonds. The van der Waals surface area contributed by atoms with Crippen LogP contribution in [-0.2, 0) is 4.79 Å². The molecular weight excluding hydrogens is 393 g/mol. The van der Waals surface area contributed by atoms with Crippen LogP contribution in [0.15, 0.2) is 42.5 Å². The van der Waals surface area contributed by atoms with E-state index < -0.39 is 6.10 Å². The van der Waals surface area contributed by atoms with E-state index in [2.05, 4.69) is 27.9 Å². The van der Waals surface area contributed by atoms with E-state index in [1.807, 2.05) is 49.4 Å². The average molecular weight is 411 g/mol. The van der Waals surface area contributed by atoms with Crippen molar-refractivity contribution in [3.8, 4) is 11.5 Å². The van der Waals surface area contributed by atoms with E-state index >= 15 is 0 Å². The molecule has 0 radical (unpaired) electrons. The van der Waals surface area contributed by atoms with Crippen molar-refractivity contribution in [3.63, 3.8) is 0 Å². The lowest BCUT2D eigenvalue weighted by Gasteiger charge is -2.16. The quantitative estimate of drug-likeness (QED) is 0.757. The van der Waals surface area contributed by atoms with E-state index in [0.29, 0.717) is 17.2 Å². The van der Waals surface area contributed by atoms with Crippen LogP contribution in [0.1, 0.15) is 12.5 Å². The van der Waals surface area contributed by atoms with Crippen LogP contribution < -0.4 is 14.8 Å². The second-order valence-corrected chi connectivity index (χ2v) is 6.16. The van der Waals surface area contributed by atoms with Crippen molar-refractivity contribution < 1.29 is 14.3 Å². The van der Waals surface area contributed by atoms with Gasteiger partial charge in [-0.1, -0.05) is 12.1 Å². The fourth-order valence-electron chi connectivity index (χ4n) is 1.95. The Balaban J connectivity index is 2.07. The molecule has 22 heavy (non-hydrogen) atoms. The Bertz CT molecular complexity index is 673. The lowest BCUT2D eigenvalue weighted by atomic mass is 10.2. The third-order valence-corrected chi connectivity index (χ3v) is 3.76. The first-order valence-corrected chi connectivity index (χ1v) is 7.95. The number of benzene rings is 2. The van der Waals surface area contributed by atoms with Gasteiger partial charge < -0.3 is 14.8 Å². The highest BCUT2D eigenvalue weighted by molar-refractivity contribution is 14.1. The predicted octanol–water partition coefficient (Wildman–Crippen LogP) is 4.01. The van der Waals surface area contributed by atoms with E-state index in [1.54, 1.807) is 14.0 Å². The van der Waals surface area contributed by atoms with Crippen molar-refractivity contribution in [2.24, 2.45) is 0 Å². The van der Waals surface area contributed by atoms with Gasteiger partial charge in [0.05, 0.1) is 12.8 Å². The van der Waals surface area contributed by atoms with E-state index in [1.165, 1.54) is 0 Å². The summed E-state index contributed by atoms with van der Waals surface area (Å²) in [5.74, 6) is 1.08. The van der Waals surface area contributed by atoms with Gasteiger partial charge in [0, 0.05) is 3.57 Å². The number of halogens is 1. The first kappa shape index (κ1) is 16.6. The summed E-state index contributed by atoms with van der Waals surface area (Å²) < 4.78 is 12.0. The molecule has 0 saturated heterocycles. The smallest absolute Gasteiger partial charge is 0.265 e. The lowest BCUT2D eigenvalue weighted by molar-refractivity contribution is -0.122. The van der Waals surface area contributed by atoms with Gasteiger partial charge in [0.1, 0.15) is 11.5 Å². The molecule has 0 heterocycles. The Kier molecular flexibility index (Phi) is 5.65. The maximum absolute atomic E-state index is 12.3. The van der Waals surface area contributed by atoms with Crippen molar-refractivity contribution in [2.75, 3.05) is 12.4 Å². The van der Waals surface area contributed by atoms with Gasteiger partial charge in [0.2, 0.25) is 0 Å². The summed E-state index contributed by atoms with van der Waals surface area (Å²) >= 11 is 2.20. The Morgan fingerprint density at radius 2 is 2.00 bits per heavy atom. The SMILES string of the molecule is COc1ccc(C)cc1NC(=O)C(C)Oc1cccc(I)c1. The molecule has 0 bridgehead atoms. The van der Waals surface area contributed by atoms with Crippen LogP contribution in [0.2, 0.25) is 0 Å². The molecule has 0 aliphatic rings. The Morgan fingerprint density at radius 1 is 1.23 bits per heavy atom. The van der Waals surface area contributed by atoms with E-state index in [4.69, 9.17) is 9.47 Å². The molecule has 0 spiro atoms. The summed E-state index contributed by atoms with van der Waals surface area (Å²) in [7, 11) is 1.58. The number of ether oxygens (including phenoxy) is 2. The largest absolute Gasteiger partial charge is 0.495 e. The van der Waals surface area contributed by atoms with Crippen molar-refractivity contribution in [1.29, 1.82) is 0 Å². The summed E-state index contributed by atoms with van der Waals surface area (Å²) in [6.07, 6.45) is -0.608. The molecule has 0 fully saturated rings. The number of hydrogen-bond acceptors (Lipinski definition) is 3. The maximum Gasteiger partial charge on any atom is 0.265 e. The zero-order chi connectivity index (χ0) is 16.1. The second kappa shape index (κ2) is 7.49. The highest BCUT2D eigenvalue weighted by atomic mass is 127. The number of carbonyl (C=O) groups is 1. The third-order valence-electron chi connectivity index (χ3n) is 3.09. The van der Waals surface area contributed by atoms with Gasteiger partial charge in [0.15, 0.2) is 6.10 Å².